The van der Waals surface area contributed by atoms with Crippen LogP contribution in [0.15, 0.2) is 0 Å². The van der Waals surface area contributed by atoms with Gasteiger partial charge in [-0.25, -0.2) is 8.78 Å². The zero-order chi connectivity index (χ0) is 15.2. The van der Waals surface area contributed by atoms with E-state index in [0.717, 1.165) is 0 Å². The Labute approximate surface area is 97.4 Å². The minimum Gasteiger partial charge on any atom is -0.201 e. The van der Waals surface area contributed by atoms with Crippen LogP contribution in [0.1, 0.15) is 11.5 Å². The quantitative estimate of drug-likeness (QED) is 0.567. The Kier molecular flexibility index (Phi) is 3.70. The van der Waals surface area contributed by atoms with E-state index in [9.17, 15) is 43.9 Å². The van der Waals surface area contributed by atoms with Crippen LogP contribution in [0.2, 0.25) is 0 Å². The maximum atomic E-state index is 12.9. The smallest absolute Gasteiger partial charge is 0.201 e. The lowest BCUT2D eigenvalue weighted by atomic mass is 9.97. The molecule has 0 saturated carbocycles. The number of aromatic nitrogens is 1. The number of halogens is 10. The first-order valence-electron chi connectivity index (χ1n) is 4.20. The van der Waals surface area contributed by atoms with Crippen LogP contribution in [0.25, 0.3) is 0 Å². The van der Waals surface area contributed by atoms with Crippen molar-refractivity contribution in [1.29, 1.82) is 0 Å². The minimum atomic E-state index is -6.19. The van der Waals surface area contributed by atoms with Gasteiger partial charge in [-0.15, -0.1) is 0 Å². The summed E-state index contributed by atoms with van der Waals surface area (Å²) in [6.45, 7) is 0. The number of alkyl halides is 6. The third kappa shape index (κ3) is 2.89. The molecule has 0 N–H and O–H groups in total. The summed E-state index contributed by atoms with van der Waals surface area (Å²) in [5, 5.41) is 0. The summed E-state index contributed by atoms with van der Waals surface area (Å²) in [5.74, 6) is -15.6. The summed E-state index contributed by atoms with van der Waals surface area (Å²) >= 11 is 0. The number of nitrogens with zero attached hydrogens (tertiary/aromatic N) is 1. The van der Waals surface area contributed by atoms with Gasteiger partial charge in [-0.2, -0.15) is 40.1 Å². The highest BCUT2D eigenvalue weighted by Crippen LogP contribution is 2.48. The standard InChI is InChI=1S/C8HF10N/c9-2-1(3(10)6(12)19-5(2)11)4(7(13,14)15)8(16,17)18/h4H. The van der Waals surface area contributed by atoms with E-state index >= 15 is 0 Å². The van der Waals surface area contributed by atoms with Crippen LogP contribution in [0, 0.1) is 23.5 Å². The number of hydrogen-bond acceptors (Lipinski definition) is 1. The van der Waals surface area contributed by atoms with Gasteiger partial charge in [0.05, 0.1) is 5.56 Å². The third-order valence-electron chi connectivity index (χ3n) is 1.97. The van der Waals surface area contributed by atoms with Crippen molar-refractivity contribution in [1.82, 2.24) is 4.98 Å². The van der Waals surface area contributed by atoms with E-state index in [0.29, 0.717) is 0 Å². The number of hydrogen-bond donors (Lipinski definition) is 0. The fourth-order valence-electron chi connectivity index (χ4n) is 1.27. The lowest BCUT2D eigenvalue weighted by Crippen LogP contribution is -2.36. The molecule has 1 rings (SSSR count). The largest absolute Gasteiger partial charge is 0.404 e. The molecular weight excluding hydrogens is 300 g/mol. The Bertz CT molecular complexity index is 448. The molecule has 0 spiro atoms. The summed E-state index contributed by atoms with van der Waals surface area (Å²) in [6.07, 6.45) is -12.4. The van der Waals surface area contributed by atoms with Gasteiger partial charge in [0.1, 0.15) is 0 Å². The van der Waals surface area contributed by atoms with Gasteiger partial charge in [0.2, 0.25) is 0 Å². The highest BCUT2D eigenvalue weighted by Gasteiger charge is 2.60. The van der Waals surface area contributed by atoms with Crippen LogP contribution in [-0.4, -0.2) is 17.3 Å². The first-order chi connectivity index (χ1) is 8.37. The molecule has 1 aromatic heterocycles. The fraction of sp³-hybridized carbons (Fsp3) is 0.375. The second-order valence-corrected chi connectivity index (χ2v) is 3.25. The van der Waals surface area contributed by atoms with Crippen molar-refractivity contribution in [2.75, 3.05) is 0 Å². The van der Waals surface area contributed by atoms with Crippen molar-refractivity contribution >= 4 is 0 Å². The molecule has 0 aliphatic rings. The Morgan fingerprint density at radius 1 is 0.684 bits per heavy atom. The molecule has 1 heterocycles. The predicted molar refractivity (Wildman–Crippen MR) is 38.9 cm³/mol. The van der Waals surface area contributed by atoms with Gasteiger partial charge in [-0.05, 0) is 0 Å². The van der Waals surface area contributed by atoms with E-state index in [2.05, 4.69) is 0 Å². The van der Waals surface area contributed by atoms with Gasteiger partial charge in [0, 0.05) is 0 Å². The second-order valence-electron chi connectivity index (χ2n) is 3.25. The second kappa shape index (κ2) is 4.53. The van der Waals surface area contributed by atoms with Crippen LogP contribution in [0.5, 0.6) is 0 Å². The van der Waals surface area contributed by atoms with E-state index in [1.54, 1.807) is 0 Å². The van der Waals surface area contributed by atoms with E-state index in [-0.39, 0.29) is 0 Å². The van der Waals surface area contributed by atoms with Gasteiger partial charge in [-0.3, -0.25) is 0 Å². The zero-order valence-electron chi connectivity index (χ0n) is 8.30. The molecule has 0 fully saturated rings. The fourth-order valence-corrected chi connectivity index (χ4v) is 1.27. The molecule has 0 atom stereocenters. The molecule has 0 aromatic carbocycles. The molecule has 0 bridgehead atoms. The first kappa shape index (κ1) is 15.5. The molecule has 0 aliphatic heterocycles. The molecule has 0 amide bonds. The van der Waals surface area contributed by atoms with Crippen molar-refractivity contribution in [3.63, 3.8) is 0 Å². The highest BCUT2D eigenvalue weighted by atomic mass is 19.4. The summed E-state index contributed by atoms with van der Waals surface area (Å²) in [6, 6.07) is 0. The van der Waals surface area contributed by atoms with Crippen LogP contribution < -0.4 is 0 Å². The maximum absolute atomic E-state index is 12.9. The summed E-state index contributed by atoms with van der Waals surface area (Å²) < 4.78 is 124. The topological polar surface area (TPSA) is 12.9 Å². The van der Waals surface area contributed by atoms with Gasteiger partial charge in [0.15, 0.2) is 17.6 Å². The molecule has 108 valence electrons. The number of pyridine rings is 1. The summed E-state index contributed by atoms with van der Waals surface area (Å²) in [4.78, 5) is 1.86. The third-order valence-corrected chi connectivity index (χ3v) is 1.97. The monoisotopic (exact) mass is 301 g/mol. The van der Waals surface area contributed by atoms with Crippen molar-refractivity contribution in [2.24, 2.45) is 0 Å². The Morgan fingerprint density at radius 2 is 1.00 bits per heavy atom. The Morgan fingerprint density at radius 3 is 1.26 bits per heavy atom. The van der Waals surface area contributed by atoms with E-state index in [1.165, 1.54) is 0 Å². The lowest BCUT2D eigenvalue weighted by molar-refractivity contribution is -0.255. The van der Waals surface area contributed by atoms with E-state index in [4.69, 9.17) is 0 Å². The molecule has 1 aromatic rings. The molecule has 11 heteroatoms. The molecule has 19 heavy (non-hydrogen) atoms. The predicted octanol–water partition coefficient (Wildman–Crippen LogP) is 3.85. The van der Waals surface area contributed by atoms with Gasteiger partial charge < -0.3 is 0 Å². The molecule has 1 nitrogen and oxygen atoms in total. The van der Waals surface area contributed by atoms with Crippen LogP contribution >= 0.6 is 0 Å². The van der Waals surface area contributed by atoms with Crippen molar-refractivity contribution in [3.8, 4) is 0 Å². The van der Waals surface area contributed by atoms with E-state index < -0.39 is 47.4 Å². The number of rotatable bonds is 1. The Balaban J connectivity index is 3.66. The average Bonchev–Trinajstić information content (AvgIpc) is 2.17. The minimum absolute atomic E-state index is 1.86. The van der Waals surface area contributed by atoms with Crippen LogP contribution in [0.4, 0.5) is 43.9 Å². The van der Waals surface area contributed by atoms with Gasteiger partial charge in [0.25, 0.3) is 11.9 Å². The molecule has 0 unspecified atom stereocenters. The van der Waals surface area contributed by atoms with Gasteiger partial charge in [-0.1, -0.05) is 0 Å². The van der Waals surface area contributed by atoms with Crippen molar-refractivity contribution in [3.05, 3.63) is 29.1 Å². The van der Waals surface area contributed by atoms with Crippen molar-refractivity contribution in [2.45, 2.75) is 18.3 Å². The normalized spacial score (nSPS) is 13.2. The molecule has 0 saturated heterocycles. The van der Waals surface area contributed by atoms with Crippen LogP contribution in [0.3, 0.4) is 0 Å². The van der Waals surface area contributed by atoms with E-state index in [1.807, 2.05) is 4.98 Å². The lowest BCUT2D eigenvalue weighted by Gasteiger charge is -2.23. The molecular formula is C8HF10N. The average molecular weight is 301 g/mol. The molecule has 0 radical (unpaired) electrons. The summed E-state index contributed by atoms with van der Waals surface area (Å²) in [7, 11) is 0. The van der Waals surface area contributed by atoms with Gasteiger partial charge >= 0.3 is 12.4 Å². The maximum Gasteiger partial charge on any atom is 0.404 e. The van der Waals surface area contributed by atoms with Crippen LogP contribution in [-0.2, 0) is 0 Å². The molecule has 0 aliphatic carbocycles. The highest BCUT2D eigenvalue weighted by molar-refractivity contribution is 5.25. The zero-order valence-corrected chi connectivity index (χ0v) is 8.30. The summed E-state index contributed by atoms with van der Waals surface area (Å²) in [5.41, 5.74) is -2.81. The SMILES string of the molecule is Fc1nc(F)c(F)c(C(C(F)(F)F)C(F)(F)F)c1F. The Hall–Kier alpha value is -1.55. The van der Waals surface area contributed by atoms with Crippen molar-refractivity contribution < 1.29 is 43.9 Å². The first-order valence-corrected chi connectivity index (χ1v) is 4.20.